The van der Waals surface area contributed by atoms with Crippen LogP contribution in [0.5, 0.6) is 0 Å². The Kier molecular flexibility index (Phi) is 5.98. The van der Waals surface area contributed by atoms with E-state index in [2.05, 4.69) is 0 Å². The van der Waals surface area contributed by atoms with E-state index >= 15 is 0 Å². The fourth-order valence-electron chi connectivity index (χ4n) is 0.129. The second-order valence-corrected chi connectivity index (χ2v) is 0.964. The van der Waals surface area contributed by atoms with Crippen molar-refractivity contribution >= 4 is 11.9 Å². The molecule has 4 nitrogen and oxygen atoms in total. The summed E-state index contributed by atoms with van der Waals surface area (Å²) >= 11 is 0. The molecule has 0 aliphatic heterocycles. The average Bonchev–Trinajstić information content (AvgIpc) is 1.27. The molecule has 0 unspecified atom stereocenters. The van der Waals surface area contributed by atoms with Crippen molar-refractivity contribution < 1.29 is 36.3 Å². The van der Waals surface area contributed by atoms with Crippen LogP contribution in [0.25, 0.3) is 0 Å². The molecule has 0 fully saturated rings. The zero-order valence-electron chi connectivity index (χ0n) is 3.73. The Morgan fingerprint density at radius 2 is 1.38 bits per heavy atom. The summed E-state index contributed by atoms with van der Waals surface area (Å²) in [5.74, 6) is -2.62. The SMILES string of the molecule is O=C(O)CC(=O)O.[Ni]. The quantitative estimate of drug-likeness (QED) is 0.426. The molecule has 0 aromatic carbocycles. The largest absolute Gasteiger partial charge is 0.481 e. The van der Waals surface area contributed by atoms with Gasteiger partial charge in [0, 0.05) is 16.5 Å². The van der Waals surface area contributed by atoms with Crippen molar-refractivity contribution in [1.29, 1.82) is 0 Å². The van der Waals surface area contributed by atoms with E-state index < -0.39 is 18.4 Å². The van der Waals surface area contributed by atoms with E-state index in [0.29, 0.717) is 0 Å². The third-order valence-corrected chi connectivity index (χ3v) is 0.302. The number of aliphatic carboxylic acids is 2. The molecule has 0 atom stereocenters. The van der Waals surface area contributed by atoms with Crippen LogP contribution < -0.4 is 0 Å². The Morgan fingerprint density at radius 1 is 1.12 bits per heavy atom. The number of carbonyl (C=O) groups is 2. The summed E-state index contributed by atoms with van der Waals surface area (Å²) in [6, 6.07) is 0. The summed E-state index contributed by atoms with van der Waals surface area (Å²) in [4.78, 5) is 18.9. The van der Waals surface area contributed by atoms with Gasteiger partial charge in [-0.25, -0.2) is 0 Å². The first-order chi connectivity index (χ1) is 3.13. The topological polar surface area (TPSA) is 74.6 Å². The predicted molar refractivity (Wildman–Crippen MR) is 19.9 cm³/mol. The van der Waals surface area contributed by atoms with Gasteiger partial charge in [-0.3, -0.25) is 9.59 Å². The Labute approximate surface area is 55.4 Å². The Balaban J connectivity index is 0. The van der Waals surface area contributed by atoms with Crippen LogP contribution in [0.4, 0.5) is 0 Å². The van der Waals surface area contributed by atoms with Gasteiger partial charge in [-0.05, 0) is 0 Å². The van der Waals surface area contributed by atoms with E-state index in [1.54, 1.807) is 0 Å². The first kappa shape index (κ1) is 10.4. The van der Waals surface area contributed by atoms with Crippen LogP contribution in [0, 0.1) is 0 Å². The van der Waals surface area contributed by atoms with Gasteiger partial charge in [0.1, 0.15) is 6.42 Å². The summed E-state index contributed by atoms with van der Waals surface area (Å²) in [6.45, 7) is 0. The fraction of sp³-hybridized carbons (Fsp3) is 0.333. The van der Waals surface area contributed by atoms with Crippen molar-refractivity contribution in [2.45, 2.75) is 6.42 Å². The average molecular weight is 163 g/mol. The molecule has 0 aliphatic carbocycles. The van der Waals surface area contributed by atoms with E-state index in [1.165, 1.54) is 0 Å². The van der Waals surface area contributed by atoms with Crippen molar-refractivity contribution in [3.63, 3.8) is 0 Å². The van der Waals surface area contributed by atoms with E-state index in [9.17, 15) is 9.59 Å². The standard InChI is InChI=1S/C3H4O4.Ni/c4-2(5)1-3(6)7;/h1H2,(H,4,5)(H,6,7);. The third kappa shape index (κ3) is 9.06. The number of carboxylic acids is 2. The molecule has 2 N–H and O–H groups in total. The maximum absolute atomic E-state index is 9.43. The molecule has 0 aliphatic rings. The van der Waals surface area contributed by atoms with Gasteiger partial charge in [-0.2, -0.15) is 0 Å². The van der Waals surface area contributed by atoms with Crippen molar-refractivity contribution in [3.8, 4) is 0 Å². The molecule has 5 heteroatoms. The summed E-state index contributed by atoms with van der Waals surface area (Å²) in [5.41, 5.74) is 0. The van der Waals surface area contributed by atoms with Crippen LogP contribution in [0.3, 0.4) is 0 Å². The van der Waals surface area contributed by atoms with E-state index in [-0.39, 0.29) is 16.5 Å². The van der Waals surface area contributed by atoms with E-state index in [1.807, 2.05) is 0 Å². The number of hydrogen-bond acceptors (Lipinski definition) is 2. The summed E-state index contributed by atoms with van der Waals surface area (Å²) in [5, 5.41) is 15.4. The second kappa shape index (κ2) is 4.59. The van der Waals surface area contributed by atoms with Crippen LogP contribution >= 0.6 is 0 Å². The number of rotatable bonds is 2. The molecule has 50 valence electrons. The van der Waals surface area contributed by atoms with Crippen molar-refractivity contribution in [2.24, 2.45) is 0 Å². The monoisotopic (exact) mass is 162 g/mol. The van der Waals surface area contributed by atoms with Gasteiger partial charge in [0.05, 0.1) is 0 Å². The third-order valence-electron chi connectivity index (χ3n) is 0.302. The van der Waals surface area contributed by atoms with Gasteiger partial charge in [-0.1, -0.05) is 0 Å². The second-order valence-electron chi connectivity index (χ2n) is 0.964. The van der Waals surface area contributed by atoms with Crippen molar-refractivity contribution in [3.05, 3.63) is 0 Å². The van der Waals surface area contributed by atoms with Gasteiger partial charge in [0.25, 0.3) is 0 Å². The molecule has 0 saturated heterocycles. The predicted octanol–water partition coefficient (Wildman–Crippen LogP) is -0.457. The minimum absolute atomic E-state index is 0. The van der Waals surface area contributed by atoms with Crippen molar-refractivity contribution in [2.75, 3.05) is 0 Å². The molecule has 0 bridgehead atoms. The maximum atomic E-state index is 9.43. The minimum atomic E-state index is -1.31. The zero-order chi connectivity index (χ0) is 5.86. The molecule has 0 saturated carbocycles. The molecule has 0 rings (SSSR count). The Morgan fingerprint density at radius 3 is 1.38 bits per heavy atom. The molecular formula is C3H4NiO4. The first-order valence-corrected chi connectivity index (χ1v) is 1.56. The fourth-order valence-corrected chi connectivity index (χ4v) is 0.129. The van der Waals surface area contributed by atoms with Crippen LogP contribution in [-0.2, 0) is 26.1 Å². The molecule has 0 aromatic heterocycles. The van der Waals surface area contributed by atoms with E-state index in [4.69, 9.17) is 10.2 Å². The zero-order valence-corrected chi connectivity index (χ0v) is 4.72. The van der Waals surface area contributed by atoms with Crippen LogP contribution in [0.1, 0.15) is 6.42 Å². The van der Waals surface area contributed by atoms with Gasteiger partial charge >= 0.3 is 11.9 Å². The minimum Gasteiger partial charge on any atom is -0.481 e. The number of hydrogen-bond donors (Lipinski definition) is 2. The normalized spacial score (nSPS) is 7.00. The summed E-state index contributed by atoms with van der Waals surface area (Å²) in [7, 11) is 0. The molecule has 0 amide bonds. The van der Waals surface area contributed by atoms with Gasteiger partial charge in [-0.15, -0.1) is 0 Å². The van der Waals surface area contributed by atoms with Gasteiger partial charge in [0.2, 0.25) is 0 Å². The Bertz CT molecular complexity index is 87.5. The smallest absolute Gasteiger partial charge is 0.314 e. The summed E-state index contributed by atoms with van der Waals surface area (Å²) in [6.07, 6.45) is -0.806. The van der Waals surface area contributed by atoms with Crippen molar-refractivity contribution in [1.82, 2.24) is 0 Å². The molecule has 0 heterocycles. The first-order valence-electron chi connectivity index (χ1n) is 1.56. The molecule has 0 radical (unpaired) electrons. The van der Waals surface area contributed by atoms with Gasteiger partial charge < -0.3 is 10.2 Å². The molecule has 0 aromatic rings. The Hall–Kier alpha value is -0.566. The molecule has 0 spiro atoms. The van der Waals surface area contributed by atoms with E-state index in [0.717, 1.165) is 0 Å². The summed E-state index contributed by atoms with van der Waals surface area (Å²) < 4.78 is 0. The van der Waals surface area contributed by atoms with Crippen LogP contribution in [-0.4, -0.2) is 22.2 Å². The van der Waals surface area contributed by atoms with Gasteiger partial charge in [0.15, 0.2) is 0 Å². The molecule has 8 heavy (non-hydrogen) atoms. The number of carboxylic acid groups (broad SMARTS) is 2. The van der Waals surface area contributed by atoms with Crippen LogP contribution in [0.15, 0.2) is 0 Å². The maximum Gasteiger partial charge on any atom is 0.314 e. The molecular weight excluding hydrogens is 159 g/mol. The van der Waals surface area contributed by atoms with Crippen LogP contribution in [0.2, 0.25) is 0 Å².